The number of rotatable bonds is 8. The Morgan fingerprint density at radius 2 is 2.12 bits per heavy atom. The van der Waals surface area contributed by atoms with Crippen LogP contribution in [0.5, 0.6) is 0 Å². The number of ether oxygens (including phenoxy) is 1. The number of para-hydroxylation sites is 1. The SMILES string of the molecule is C=CCN(C(=O)C1N(CCO)C(=O)[C@@H]2[C@H](C(=O)O)[C@]3(CC)CCC12O3)c1c(C)cccc1Cl. The van der Waals surface area contributed by atoms with Gasteiger partial charge in [-0.1, -0.05) is 36.7 Å². The molecule has 8 nitrogen and oxygen atoms in total. The lowest BCUT2D eigenvalue weighted by atomic mass is 9.65. The number of fused-ring (bicyclic) bond motifs is 1. The van der Waals surface area contributed by atoms with E-state index in [-0.39, 0.29) is 19.7 Å². The summed E-state index contributed by atoms with van der Waals surface area (Å²) in [5.74, 6) is -4.01. The molecule has 2 amide bonds. The number of nitrogens with zero attached hydrogens (tertiary/aromatic N) is 2. The first-order valence-electron chi connectivity index (χ1n) is 11.2. The molecule has 1 aromatic rings. The normalized spacial score (nSPS) is 32.2. The van der Waals surface area contributed by atoms with Crippen LogP contribution in [0.25, 0.3) is 0 Å². The van der Waals surface area contributed by atoms with Crippen molar-refractivity contribution in [1.29, 1.82) is 0 Å². The molecule has 1 aromatic carbocycles. The number of halogens is 1. The minimum absolute atomic E-state index is 0.0915. The molecule has 2 N–H and O–H groups in total. The largest absolute Gasteiger partial charge is 0.481 e. The van der Waals surface area contributed by atoms with E-state index in [2.05, 4.69) is 6.58 Å². The lowest BCUT2D eigenvalue weighted by molar-refractivity contribution is -0.155. The molecule has 3 heterocycles. The quantitative estimate of drug-likeness (QED) is 0.558. The number of carboxylic acids is 1. The fraction of sp³-hybridized carbons (Fsp3) is 0.542. The monoisotopic (exact) mass is 476 g/mol. The van der Waals surface area contributed by atoms with Gasteiger partial charge in [-0.15, -0.1) is 6.58 Å². The van der Waals surface area contributed by atoms with Crippen LogP contribution in [0.15, 0.2) is 30.9 Å². The zero-order valence-corrected chi connectivity index (χ0v) is 19.5. The smallest absolute Gasteiger partial charge is 0.310 e. The number of hydrogen-bond acceptors (Lipinski definition) is 5. The molecule has 178 valence electrons. The standard InChI is InChI=1S/C24H29ClN2O6/c1-4-11-26(18-14(3)7-6-8-15(18)25)21(30)19-24-10-9-23(5-2,33-24)17(22(31)32)16(24)20(29)27(19)12-13-28/h4,6-8,16-17,19,28H,1,5,9-13H2,2-3H3,(H,31,32)/t16-,17+,19?,23-,24?/m0/s1. The maximum Gasteiger partial charge on any atom is 0.310 e. The Labute approximate surface area is 197 Å². The van der Waals surface area contributed by atoms with Gasteiger partial charge in [-0.2, -0.15) is 0 Å². The molecule has 3 fully saturated rings. The third-order valence-corrected chi connectivity index (χ3v) is 7.86. The second-order valence-electron chi connectivity index (χ2n) is 9.07. The van der Waals surface area contributed by atoms with Crippen molar-refractivity contribution >= 4 is 35.1 Å². The maximum atomic E-state index is 14.2. The Balaban J connectivity index is 1.86. The Bertz CT molecular complexity index is 994. The fourth-order valence-electron chi connectivity index (χ4n) is 6.25. The highest BCUT2D eigenvalue weighted by molar-refractivity contribution is 6.34. The number of carbonyl (C=O) groups excluding carboxylic acids is 2. The summed E-state index contributed by atoms with van der Waals surface area (Å²) in [5.41, 5.74) is -0.973. The number of anilines is 1. The highest BCUT2D eigenvalue weighted by Crippen LogP contribution is 2.64. The van der Waals surface area contributed by atoms with E-state index in [0.717, 1.165) is 5.56 Å². The molecule has 0 aromatic heterocycles. The van der Waals surface area contributed by atoms with Gasteiger partial charge in [-0.3, -0.25) is 14.4 Å². The van der Waals surface area contributed by atoms with Crippen molar-refractivity contribution in [3.63, 3.8) is 0 Å². The van der Waals surface area contributed by atoms with E-state index in [1.807, 2.05) is 19.9 Å². The van der Waals surface area contributed by atoms with Gasteiger partial charge in [0.2, 0.25) is 5.91 Å². The maximum absolute atomic E-state index is 14.2. The van der Waals surface area contributed by atoms with Crippen molar-refractivity contribution in [3.8, 4) is 0 Å². The topological polar surface area (TPSA) is 107 Å². The summed E-state index contributed by atoms with van der Waals surface area (Å²) in [4.78, 5) is 42.8. The molecule has 0 saturated carbocycles. The predicted octanol–water partition coefficient (Wildman–Crippen LogP) is 2.40. The Morgan fingerprint density at radius 3 is 2.70 bits per heavy atom. The van der Waals surface area contributed by atoms with Crippen LogP contribution in [0.2, 0.25) is 5.02 Å². The number of hydrogen-bond donors (Lipinski definition) is 2. The zero-order valence-electron chi connectivity index (χ0n) is 18.8. The van der Waals surface area contributed by atoms with Gasteiger partial charge in [0.1, 0.15) is 17.6 Å². The van der Waals surface area contributed by atoms with E-state index in [1.54, 1.807) is 18.2 Å². The Kier molecular flexibility index (Phi) is 6.05. The number of amides is 2. The molecule has 4 rings (SSSR count). The van der Waals surface area contributed by atoms with Crippen molar-refractivity contribution < 1.29 is 29.3 Å². The van der Waals surface area contributed by atoms with Gasteiger partial charge >= 0.3 is 5.97 Å². The number of carboxylic acid groups (broad SMARTS) is 1. The first-order valence-corrected chi connectivity index (χ1v) is 11.6. The van der Waals surface area contributed by atoms with E-state index < -0.39 is 46.9 Å². The zero-order chi connectivity index (χ0) is 24.1. The van der Waals surface area contributed by atoms with E-state index in [4.69, 9.17) is 16.3 Å². The van der Waals surface area contributed by atoms with Crippen molar-refractivity contribution in [2.45, 2.75) is 50.4 Å². The van der Waals surface area contributed by atoms with Crippen molar-refractivity contribution in [1.82, 2.24) is 4.90 Å². The summed E-state index contributed by atoms with van der Waals surface area (Å²) in [7, 11) is 0. The number of aliphatic hydroxyl groups is 1. The average Bonchev–Trinajstić information content (AvgIpc) is 3.37. The number of likely N-dealkylation sites (tertiary alicyclic amines) is 1. The summed E-state index contributed by atoms with van der Waals surface area (Å²) in [5, 5.41) is 20.1. The van der Waals surface area contributed by atoms with Crippen LogP contribution >= 0.6 is 11.6 Å². The first kappa shape index (κ1) is 23.7. The van der Waals surface area contributed by atoms with Gasteiger partial charge in [-0.25, -0.2) is 0 Å². The molecule has 3 aliphatic rings. The summed E-state index contributed by atoms with van der Waals surface area (Å²) < 4.78 is 6.47. The molecule has 3 saturated heterocycles. The highest BCUT2D eigenvalue weighted by atomic mass is 35.5. The van der Waals surface area contributed by atoms with Gasteiger partial charge < -0.3 is 24.7 Å². The lowest BCUT2D eigenvalue weighted by Crippen LogP contribution is -2.57. The van der Waals surface area contributed by atoms with Crippen LogP contribution in [0, 0.1) is 18.8 Å². The Hall–Kier alpha value is -2.42. The van der Waals surface area contributed by atoms with Crippen LogP contribution in [0.3, 0.4) is 0 Å². The molecule has 1 spiro atoms. The number of carbonyl (C=O) groups is 3. The second-order valence-corrected chi connectivity index (χ2v) is 9.48. The van der Waals surface area contributed by atoms with Gasteiger partial charge in [0.25, 0.3) is 5.91 Å². The van der Waals surface area contributed by atoms with Crippen LogP contribution in [-0.2, 0) is 19.1 Å². The molecule has 5 atom stereocenters. The number of β-amino-alcohol motifs (C(OH)–C–C–N with tert-alkyl or cyclic N) is 1. The summed E-state index contributed by atoms with van der Waals surface area (Å²) in [6, 6.07) is 4.23. The lowest BCUT2D eigenvalue weighted by Gasteiger charge is -2.37. The third-order valence-electron chi connectivity index (χ3n) is 7.56. The summed E-state index contributed by atoms with van der Waals surface area (Å²) in [6.45, 7) is 7.14. The van der Waals surface area contributed by atoms with Crippen molar-refractivity contribution in [2.24, 2.45) is 11.8 Å². The number of aliphatic carboxylic acids is 1. The van der Waals surface area contributed by atoms with Crippen LogP contribution < -0.4 is 4.90 Å². The van der Waals surface area contributed by atoms with E-state index >= 15 is 0 Å². The Morgan fingerprint density at radius 1 is 1.39 bits per heavy atom. The van der Waals surface area contributed by atoms with Gasteiger partial charge in [0.05, 0.1) is 28.8 Å². The number of aryl methyl sites for hydroxylation is 1. The third kappa shape index (κ3) is 3.22. The van der Waals surface area contributed by atoms with Gasteiger partial charge in [0.15, 0.2) is 0 Å². The molecular weight excluding hydrogens is 448 g/mol. The second kappa shape index (κ2) is 8.42. The fourth-order valence-corrected chi connectivity index (χ4v) is 6.58. The van der Waals surface area contributed by atoms with Crippen LogP contribution in [0.1, 0.15) is 31.7 Å². The average molecular weight is 477 g/mol. The minimum Gasteiger partial charge on any atom is -0.481 e. The van der Waals surface area contributed by atoms with Crippen LogP contribution in [0.4, 0.5) is 5.69 Å². The predicted molar refractivity (Wildman–Crippen MR) is 122 cm³/mol. The van der Waals surface area contributed by atoms with Crippen LogP contribution in [-0.4, -0.2) is 69.8 Å². The van der Waals surface area contributed by atoms with Gasteiger partial charge in [0, 0.05) is 13.1 Å². The molecule has 33 heavy (non-hydrogen) atoms. The van der Waals surface area contributed by atoms with E-state index in [9.17, 15) is 24.6 Å². The van der Waals surface area contributed by atoms with Crippen molar-refractivity contribution in [3.05, 3.63) is 41.4 Å². The molecule has 0 radical (unpaired) electrons. The molecule has 3 aliphatic heterocycles. The van der Waals surface area contributed by atoms with E-state index in [1.165, 1.54) is 9.80 Å². The summed E-state index contributed by atoms with van der Waals surface area (Å²) >= 11 is 6.48. The highest BCUT2D eigenvalue weighted by Gasteiger charge is 2.79. The van der Waals surface area contributed by atoms with Gasteiger partial charge in [-0.05, 0) is 37.8 Å². The molecule has 2 unspecified atom stereocenters. The number of benzene rings is 1. The van der Waals surface area contributed by atoms with Crippen molar-refractivity contribution in [2.75, 3.05) is 24.6 Å². The number of aliphatic hydroxyl groups excluding tert-OH is 1. The van der Waals surface area contributed by atoms with E-state index in [0.29, 0.717) is 30.0 Å². The molecule has 9 heteroatoms. The molecule has 0 aliphatic carbocycles. The minimum atomic E-state index is -1.27. The first-order chi connectivity index (χ1) is 15.7. The molecular formula is C24H29ClN2O6. The molecule has 2 bridgehead atoms. The summed E-state index contributed by atoms with van der Waals surface area (Å²) in [6.07, 6.45) is 2.84.